The topological polar surface area (TPSA) is 61.4 Å². The van der Waals surface area contributed by atoms with Crippen LogP contribution in [0.4, 0.5) is 10.5 Å². The van der Waals surface area contributed by atoms with Gasteiger partial charge in [0.25, 0.3) is 0 Å². The van der Waals surface area contributed by atoms with Crippen molar-refractivity contribution in [3.05, 3.63) is 65.7 Å². The highest BCUT2D eigenvalue weighted by Gasteiger charge is 2.26. The van der Waals surface area contributed by atoms with Crippen LogP contribution in [0.1, 0.15) is 43.7 Å². The van der Waals surface area contributed by atoms with Gasteiger partial charge in [0.2, 0.25) is 5.91 Å². The van der Waals surface area contributed by atoms with Gasteiger partial charge in [0.1, 0.15) is 0 Å². The van der Waals surface area contributed by atoms with Gasteiger partial charge in [-0.25, -0.2) is 4.79 Å². The van der Waals surface area contributed by atoms with Crippen molar-refractivity contribution in [2.45, 2.75) is 45.1 Å². The van der Waals surface area contributed by atoms with Crippen LogP contribution in [0.3, 0.4) is 0 Å². The maximum absolute atomic E-state index is 12.9. The molecule has 0 saturated carbocycles. The maximum Gasteiger partial charge on any atom is 0.322 e. The molecular weight excluding hydrogens is 350 g/mol. The highest BCUT2D eigenvalue weighted by molar-refractivity contribution is 5.89. The van der Waals surface area contributed by atoms with Crippen molar-refractivity contribution < 1.29 is 9.59 Å². The number of nitrogens with zero attached hydrogens (tertiary/aromatic N) is 1. The fourth-order valence-electron chi connectivity index (χ4n) is 3.77. The van der Waals surface area contributed by atoms with E-state index in [1.54, 1.807) is 0 Å². The zero-order valence-corrected chi connectivity index (χ0v) is 16.5. The van der Waals surface area contributed by atoms with Crippen molar-refractivity contribution >= 4 is 17.6 Å². The third-order valence-electron chi connectivity index (χ3n) is 5.17. The molecule has 5 heteroatoms. The van der Waals surface area contributed by atoms with Crippen molar-refractivity contribution in [2.75, 3.05) is 18.4 Å². The number of carbonyl (C=O) groups excluding carboxylic acids is 2. The summed E-state index contributed by atoms with van der Waals surface area (Å²) in [6.07, 6.45) is 4.77. The Bertz CT molecular complexity index is 791. The van der Waals surface area contributed by atoms with E-state index >= 15 is 0 Å². The molecule has 1 fully saturated rings. The lowest BCUT2D eigenvalue weighted by Crippen LogP contribution is -2.47. The zero-order valence-electron chi connectivity index (χ0n) is 16.5. The standard InChI is InChI=1S/C23H29N3O2/c1-18(27)24-14-13-22-12-5-6-15-26(22)23(28)25-21-11-7-10-20(17-21)16-19-8-3-2-4-9-19/h2-4,7-11,17,22H,5-6,12-16H2,1H3,(H,24,27)(H,25,28)/t22-/m0/s1. The van der Waals surface area contributed by atoms with Crippen molar-refractivity contribution in [2.24, 2.45) is 0 Å². The predicted molar refractivity (Wildman–Crippen MR) is 112 cm³/mol. The van der Waals surface area contributed by atoms with Crippen LogP contribution >= 0.6 is 0 Å². The van der Waals surface area contributed by atoms with E-state index in [0.29, 0.717) is 6.54 Å². The first-order valence-corrected chi connectivity index (χ1v) is 10.1. The van der Waals surface area contributed by atoms with Gasteiger partial charge in [0, 0.05) is 31.7 Å². The van der Waals surface area contributed by atoms with Gasteiger partial charge < -0.3 is 15.5 Å². The second-order valence-corrected chi connectivity index (χ2v) is 7.41. The summed E-state index contributed by atoms with van der Waals surface area (Å²) in [7, 11) is 0. The number of hydrogen-bond acceptors (Lipinski definition) is 2. The molecule has 3 amide bonds. The summed E-state index contributed by atoms with van der Waals surface area (Å²) in [5.74, 6) is -0.0259. The van der Waals surface area contributed by atoms with Crippen molar-refractivity contribution in [3.8, 4) is 0 Å². The SMILES string of the molecule is CC(=O)NCC[C@@H]1CCCCN1C(=O)Nc1cccc(Cc2ccccc2)c1. The van der Waals surface area contributed by atoms with E-state index in [9.17, 15) is 9.59 Å². The fraction of sp³-hybridized carbons (Fsp3) is 0.391. The minimum Gasteiger partial charge on any atom is -0.356 e. The van der Waals surface area contributed by atoms with E-state index in [4.69, 9.17) is 0 Å². The Hall–Kier alpha value is -2.82. The number of anilines is 1. The number of piperidine rings is 1. The molecule has 1 atom stereocenters. The first kappa shape index (κ1) is 19.9. The Morgan fingerprint density at radius 1 is 1.04 bits per heavy atom. The highest BCUT2D eigenvalue weighted by Crippen LogP contribution is 2.21. The smallest absolute Gasteiger partial charge is 0.322 e. The zero-order chi connectivity index (χ0) is 19.8. The average Bonchev–Trinajstić information content (AvgIpc) is 2.69. The van der Waals surface area contributed by atoms with Gasteiger partial charge in [0.15, 0.2) is 0 Å². The molecule has 3 rings (SSSR count). The molecule has 1 heterocycles. The third-order valence-corrected chi connectivity index (χ3v) is 5.17. The van der Waals surface area contributed by atoms with Crippen LogP contribution in [-0.2, 0) is 11.2 Å². The summed E-state index contributed by atoms with van der Waals surface area (Å²) >= 11 is 0. The highest BCUT2D eigenvalue weighted by atomic mass is 16.2. The number of likely N-dealkylation sites (tertiary alicyclic amines) is 1. The van der Waals surface area contributed by atoms with Crippen LogP contribution in [0.15, 0.2) is 54.6 Å². The summed E-state index contributed by atoms with van der Waals surface area (Å²) in [4.78, 5) is 25.9. The van der Waals surface area contributed by atoms with Crippen LogP contribution in [0, 0.1) is 0 Å². The lowest BCUT2D eigenvalue weighted by molar-refractivity contribution is -0.119. The lowest BCUT2D eigenvalue weighted by atomic mass is 9.99. The minimum absolute atomic E-state index is 0.0259. The van der Waals surface area contributed by atoms with Gasteiger partial charge in [0.05, 0.1) is 0 Å². The van der Waals surface area contributed by atoms with Crippen LogP contribution < -0.4 is 10.6 Å². The van der Waals surface area contributed by atoms with Gasteiger partial charge in [-0.05, 0) is 55.4 Å². The molecule has 5 nitrogen and oxygen atoms in total. The quantitative estimate of drug-likeness (QED) is 0.790. The molecule has 0 aliphatic carbocycles. The number of carbonyl (C=O) groups is 2. The Morgan fingerprint density at radius 3 is 2.61 bits per heavy atom. The number of amides is 3. The Kier molecular flexibility index (Phi) is 7.06. The molecule has 148 valence electrons. The molecule has 2 aromatic carbocycles. The molecule has 1 aliphatic rings. The number of hydrogen-bond donors (Lipinski definition) is 2. The molecule has 1 saturated heterocycles. The third kappa shape index (κ3) is 5.84. The molecule has 28 heavy (non-hydrogen) atoms. The molecular formula is C23H29N3O2. The van der Waals surface area contributed by atoms with Gasteiger partial charge in [-0.1, -0.05) is 42.5 Å². The van der Waals surface area contributed by atoms with Crippen molar-refractivity contribution in [1.29, 1.82) is 0 Å². The summed E-state index contributed by atoms with van der Waals surface area (Å²) in [5.41, 5.74) is 3.24. The Morgan fingerprint density at radius 2 is 1.82 bits per heavy atom. The Labute approximate surface area is 167 Å². The average molecular weight is 380 g/mol. The van der Waals surface area contributed by atoms with E-state index < -0.39 is 0 Å². The normalized spacial score (nSPS) is 16.5. The van der Waals surface area contributed by atoms with E-state index in [1.807, 2.05) is 41.3 Å². The van der Waals surface area contributed by atoms with Crippen LogP contribution in [0.2, 0.25) is 0 Å². The number of rotatable bonds is 6. The summed E-state index contributed by atoms with van der Waals surface area (Å²) in [5, 5.41) is 5.90. The van der Waals surface area contributed by atoms with Gasteiger partial charge in [-0.3, -0.25) is 4.79 Å². The van der Waals surface area contributed by atoms with E-state index in [2.05, 4.69) is 28.8 Å². The number of nitrogens with one attached hydrogen (secondary N) is 2. The predicted octanol–water partition coefficient (Wildman–Crippen LogP) is 4.19. The fourth-order valence-corrected chi connectivity index (χ4v) is 3.77. The molecule has 0 spiro atoms. The molecule has 2 N–H and O–H groups in total. The van der Waals surface area contributed by atoms with E-state index in [-0.39, 0.29) is 18.0 Å². The van der Waals surface area contributed by atoms with Crippen LogP contribution in [0.25, 0.3) is 0 Å². The second-order valence-electron chi connectivity index (χ2n) is 7.41. The second kappa shape index (κ2) is 9.93. The van der Waals surface area contributed by atoms with Crippen molar-refractivity contribution in [3.63, 3.8) is 0 Å². The first-order chi connectivity index (χ1) is 13.6. The largest absolute Gasteiger partial charge is 0.356 e. The summed E-state index contributed by atoms with van der Waals surface area (Å²) in [6.45, 7) is 2.89. The van der Waals surface area contributed by atoms with Crippen LogP contribution in [-0.4, -0.2) is 36.0 Å². The van der Waals surface area contributed by atoms with Gasteiger partial charge in [-0.2, -0.15) is 0 Å². The minimum atomic E-state index is -0.0515. The van der Waals surface area contributed by atoms with E-state index in [0.717, 1.165) is 44.3 Å². The maximum atomic E-state index is 12.9. The monoisotopic (exact) mass is 379 g/mol. The number of benzene rings is 2. The van der Waals surface area contributed by atoms with Gasteiger partial charge >= 0.3 is 6.03 Å². The molecule has 2 aromatic rings. The number of urea groups is 1. The summed E-state index contributed by atoms with van der Waals surface area (Å²) < 4.78 is 0. The van der Waals surface area contributed by atoms with Gasteiger partial charge in [-0.15, -0.1) is 0 Å². The molecule has 0 radical (unpaired) electrons. The Balaban J connectivity index is 1.61. The van der Waals surface area contributed by atoms with Crippen LogP contribution in [0.5, 0.6) is 0 Å². The molecule has 0 unspecified atom stereocenters. The van der Waals surface area contributed by atoms with Crippen molar-refractivity contribution in [1.82, 2.24) is 10.2 Å². The summed E-state index contributed by atoms with van der Waals surface area (Å²) in [6, 6.07) is 18.5. The molecule has 1 aliphatic heterocycles. The lowest BCUT2D eigenvalue weighted by Gasteiger charge is -2.35. The molecule has 0 aromatic heterocycles. The molecule has 0 bridgehead atoms. The first-order valence-electron chi connectivity index (χ1n) is 10.1. The van der Waals surface area contributed by atoms with E-state index in [1.165, 1.54) is 18.1 Å².